The summed E-state index contributed by atoms with van der Waals surface area (Å²) in [6.07, 6.45) is 4.10. The van der Waals surface area contributed by atoms with E-state index in [0.717, 1.165) is 23.1 Å². The molecule has 0 saturated carbocycles. The maximum Gasteiger partial charge on any atom is 0.129 e. The van der Waals surface area contributed by atoms with Gasteiger partial charge < -0.3 is 5.32 Å². The molecule has 0 amide bonds. The molecule has 3 rings (SSSR count). The minimum absolute atomic E-state index is 0.403. The summed E-state index contributed by atoms with van der Waals surface area (Å²) in [6.45, 7) is 2.15. The fraction of sp³-hybridized carbons (Fsp3) is 0.267. The molecule has 1 aliphatic rings. The van der Waals surface area contributed by atoms with E-state index in [-0.39, 0.29) is 0 Å². The molecule has 2 aromatic rings. The molecule has 3 heteroatoms. The van der Waals surface area contributed by atoms with E-state index in [2.05, 4.69) is 57.4 Å². The molecular weight excluding hydrogens is 288 g/mol. The Kier molecular flexibility index (Phi) is 3.08. The van der Waals surface area contributed by atoms with Crippen molar-refractivity contribution >= 4 is 21.6 Å². The Bertz CT molecular complexity index is 580. The van der Waals surface area contributed by atoms with Crippen LogP contribution in [0.4, 0.5) is 5.69 Å². The highest BCUT2D eigenvalue weighted by atomic mass is 79.9. The van der Waals surface area contributed by atoms with E-state index >= 15 is 0 Å². The minimum Gasteiger partial charge on any atom is -0.376 e. The first-order chi connectivity index (χ1) is 8.74. The van der Waals surface area contributed by atoms with Crippen molar-refractivity contribution in [1.82, 2.24) is 4.98 Å². The molecule has 18 heavy (non-hydrogen) atoms. The van der Waals surface area contributed by atoms with Crippen LogP contribution in [0.15, 0.2) is 41.1 Å². The molecule has 0 spiro atoms. The summed E-state index contributed by atoms with van der Waals surface area (Å²) < 4.78 is 0.881. The summed E-state index contributed by atoms with van der Waals surface area (Å²) in [7, 11) is 0. The maximum absolute atomic E-state index is 4.25. The lowest BCUT2D eigenvalue weighted by Gasteiger charge is -2.16. The summed E-state index contributed by atoms with van der Waals surface area (Å²) in [5, 5.41) is 3.58. The number of nitrogens with zero attached hydrogens (tertiary/aromatic N) is 1. The molecule has 1 heterocycles. The zero-order chi connectivity index (χ0) is 12.5. The van der Waals surface area contributed by atoms with Gasteiger partial charge in [0.25, 0.3) is 0 Å². The third-order valence-corrected chi connectivity index (χ3v) is 4.10. The predicted octanol–water partition coefficient (Wildman–Crippen LogP) is 4.25. The van der Waals surface area contributed by atoms with Crippen molar-refractivity contribution in [2.45, 2.75) is 25.8 Å². The monoisotopic (exact) mass is 302 g/mol. The second-order valence-corrected chi connectivity index (χ2v) is 5.53. The predicted molar refractivity (Wildman–Crippen MR) is 77.8 cm³/mol. The van der Waals surface area contributed by atoms with Crippen molar-refractivity contribution in [1.29, 1.82) is 0 Å². The molecule has 1 atom stereocenters. The Morgan fingerprint density at radius 1 is 1.33 bits per heavy atom. The molecule has 1 aliphatic carbocycles. The van der Waals surface area contributed by atoms with Gasteiger partial charge in [0.2, 0.25) is 0 Å². The molecule has 2 nitrogen and oxygen atoms in total. The van der Waals surface area contributed by atoms with E-state index < -0.39 is 0 Å². The summed E-state index contributed by atoms with van der Waals surface area (Å²) in [5.74, 6) is 0. The second-order valence-electron chi connectivity index (χ2n) is 4.78. The van der Waals surface area contributed by atoms with Gasteiger partial charge in [0.15, 0.2) is 0 Å². The average Bonchev–Trinajstić information content (AvgIpc) is 2.75. The molecule has 0 fully saturated rings. The number of fused-ring (bicyclic) bond motifs is 1. The van der Waals surface area contributed by atoms with Gasteiger partial charge in [0.05, 0.1) is 11.7 Å². The summed E-state index contributed by atoms with van der Waals surface area (Å²) >= 11 is 3.48. The summed E-state index contributed by atoms with van der Waals surface area (Å²) in [5.41, 5.74) is 5.30. The van der Waals surface area contributed by atoms with Crippen LogP contribution in [-0.4, -0.2) is 4.98 Å². The van der Waals surface area contributed by atoms with Crippen LogP contribution >= 0.6 is 15.9 Å². The van der Waals surface area contributed by atoms with Gasteiger partial charge in [-0.1, -0.05) is 23.8 Å². The first kappa shape index (κ1) is 11.7. The van der Waals surface area contributed by atoms with Gasteiger partial charge in [0, 0.05) is 6.20 Å². The smallest absolute Gasteiger partial charge is 0.129 e. The van der Waals surface area contributed by atoms with Crippen molar-refractivity contribution in [3.8, 4) is 0 Å². The van der Waals surface area contributed by atoms with Crippen LogP contribution < -0.4 is 5.32 Å². The van der Waals surface area contributed by atoms with Gasteiger partial charge in [-0.15, -0.1) is 0 Å². The summed E-state index contributed by atoms with van der Waals surface area (Å²) in [6, 6.07) is 11.2. The number of benzene rings is 1. The van der Waals surface area contributed by atoms with E-state index in [1.807, 2.05) is 6.07 Å². The topological polar surface area (TPSA) is 24.9 Å². The molecule has 1 aromatic heterocycles. The molecule has 1 aromatic carbocycles. The van der Waals surface area contributed by atoms with Gasteiger partial charge >= 0.3 is 0 Å². The van der Waals surface area contributed by atoms with Crippen LogP contribution in [0, 0.1) is 6.92 Å². The third kappa shape index (κ3) is 2.15. The van der Waals surface area contributed by atoms with Gasteiger partial charge in [-0.3, -0.25) is 0 Å². The van der Waals surface area contributed by atoms with Gasteiger partial charge in [-0.25, -0.2) is 4.98 Å². The number of aryl methyl sites for hydroxylation is 2. The highest BCUT2D eigenvalue weighted by Gasteiger charge is 2.22. The number of halogens is 1. The van der Waals surface area contributed by atoms with E-state index in [4.69, 9.17) is 0 Å². The second kappa shape index (κ2) is 4.73. The lowest BCUT2D eigenvalue weighted by Crippen LogP contribution is -2.08. The Morgan fingerprint density at radius 3 is 3.06 bits per heavy atom. The van der Waals surface area contributed by atoms with E-state index in [1.165, 1.54) is 16.7 Å². The van der Waals surface area contributed by atoms with Crippen molar-refractivity contribution in [2.75, 3.05) is 5.32 Å². The van der Waals surface area contributed by atoms with E-state index in [9.17, 15) is 0 Å². The van der Waals surface area contributed by atoms with Crippen molar-refractivity contribution in [3.05, 3.63) is 57.8 Å². The molecule has 0 saturated heterocycles. The first-order valence-corrected chi connectivity index (χ1v) is 7.00. The van der Waals surface area contributed by atoms with Crippen molar-refractivity contribution < 1.29 is 0 Å². The van der Waals surface area contributed by atoms with Crippen molar-refractivity contribution in [2.24, 2.45) is 0 Å². The normalized spacial score (nSPS) is 17.6. The van der Waals surface area contributed by atoms with Crippen LogP contribution in [0.3, 0.4) is 0 Å². The summed E-state index contributed by atoms with van der Waals surface area (Å²) in [4.78, 5) is 4.25. The number of hydrogen-bond acceptors (Lipinski definition) is 2. The lowest BCUT2D eigenvalue weighted by molar-refractivity contribution is 0.760. The molecule has 0 radical (unpaired) electrons. The molecule has 1 unspecified atom stereocenters. The van der Waals surface area contributed by atoms with E-state index in [0.29, 0.717) is 6.04 Å². The highest BCUT2D eigenvalue weighted by molar-refractivity contribution is 9.10. The van der Waals surface area contributed by atoms with Gasteiger partial charge in [-0.05, 0) is 59.0 Å². The zero-order valence-corrected chi connectivity index (χ0v) is 11.9. The number of hydrogen-bond donors (Lipinski definition) is 1. The Hall–Kier alpha value is -1.35. The van der Waals surface area contributed by atoms with Crippen molar-refractivity contribution in [3.63, 3.8) is 0 Å². The maximum atomic E-state index is 4.25. The fourth-order valence-electron chi connectivity index (χ4n) is 2.55. The molecule has 92 valence electrons. The zero-order valence-electron chi connectivity index (χ0n) is 10.3. The third-order valence-electron chi connectivity index (χ3n) is 3.47. The largest absolute Gasteiger partial charge is 0.376 e. The van der Waals surface area contributed by atoms with Crippen LogP contribution in [0.25, 0.3) is 0 Å². The van der Waals surface area contributed by atoms with Crippen LogP contribution in [-0.2, 0) is 6.42 Å². The number of rotatable bonds is 2. The van der Waals surface area contributed by atoms with Crippen LogP contribution in [0.1, 0.15) is 29.2 Å². The minimum atomic E-state index is 0.403. The number of anilines is 1. The standard InChI is InChI=1S/C15H15BrN2/c1-10-4-5-11-6-7-13(12(11)9-10)18-14-3-2-8-17-15(14)16/h2-5,8-9,13,18H,6-7H2,1H3. The average molecular weight is 303 g/mol. The Morgan fingerprint density at radius 2 is 2.22 bits per heavy atom. The molecule has 0 bridgehead atoms. The van der Waals surface area contributed by atoms with Gasteiger partial charge in [-0.2, -0.15) is 0 Å². The fourth-order valence-corrected chi connectivity index (χ4v) is 2.92. The number of pyridine rings is 1. The van der Waals surface area contributed by atoms with Crippen LogP contribution in [0.2, 0.25) is 0 Å². The number of aromatic nitrogens is 1. The quantitative estimate of drug-likeness (QED) is 0.839. The van der Waals surface area contributed by atoms with Crippen LogP contribution in [0.5, 0.6) is 0 Å². The molecule has 1 N–H and O–H groups in total. The first-order valence-electron chi connectivity index (χ1n) is 6.20. The SMILES string of the molecule is Cc1ccc2c(c1)C(Nc1cccnc1Br)CC2. The Balaban J connectivity index is 1.89. The highest BCUT2D eigenvalue weighted by Crippen LogP contribution is 2.35. The van der Waals surface area contributed by atoms with Gasteiger partial charge in [0.1, 0.15) is 4.60 Å². The van der Waals surface area contributed by atoms with E-state index in [1.54, 1.807) is 6.20 Å². The lowest BCUT2D eigenvalue weighted by atomic mass is 10.0. The number of nitrogens with one attached hydrogen (secondary N) is 1. The molecule has 0 aliphatic heterocycles. The molecular formula is C15H15BrN2. The Labute approximate surface area is 116 Å².